The van der Waals surface area contributed by atoms with Crippen LogP contribution in [0.15, 0.2) is 66.7 Å². The summed E-state index contributed by atoms with van der Waals surface area (Å²) < 4.78 is -1.86. The van der Waals surface area contributed by atoms with Gasteiger partial charge in [-0.1, -0.05) is 82.8 Å². The summed E-state index contributed by atoms with van der Waals surface area (Å²) >= 11 is 29.3. The first-order valence-corrected chi connectivity index (χ1v) is 10.3. The molecule has 1 amide bonds. The Morgan fingerprint density at radius 3 is 2.24 bits per heavy atom. The second-order valence-corrected chi connectivity index (χ2v) is 9.29. The molecule has 4 nitrogen and oxygen atoms in total. The van der Waals surface area contributed by atoms with Gasteiger partial charge < -0.3 is 16.0 Å². The van der Waals surface area contributed by atoms with Crippen molar-refractivity contribution in [2.45, 2.75) is 9.96 Å². The zero-order chi connectivity index (χ0) is 21.0. The zero-order valence-corrected chi connectivity index (χ0v) is 18.6. The largest absolute Gasteiger partial charge is 0.339 e. The standard InChI is InChI=1S/C20H15Cl4N3OS/c21-13-8-10-14(11-9-13)25-19(29)27-18(20(22,23)24)26-17(28)16-7-3-5-12-4-1-2-6-15(12)16/h1-11,18H,(H,26,28)(H2,25,27,29)/t18-/m1/s1. The van der Waals surface area contributed by atoms with E-state index in [1.807, 2.05) is 30.3 Å². The first-order valence-electron chi connectivity index (χ1n) is 8.42. The molecule has 0 aromatic heterocycles. The van der Waals surface area contributed by atoms with Crippen LogP contribution in [0.2, 0.25) is 5.02 Å². The predicted octanol–water partition coefficient (Wildman–Crippen LogP) is 5.91. The fourth-order valence-electron chi connectivity index (χ4n) is 2.66. The van der Waals surface area contributed by atoms with Gasteiger partial charge in [-0.25, -0.2) is 0 Å². The minimum atomic E-state index is -1.86. The number of anilines is 1. The second kappa shape index (κ2) is 9.37. The molecule has 9 heteroatoms. The molecule has 0 heterocycles. The number of carbonyl (C=O) groups is 1. The van der Waals surface area contributed by atoms with Crippen LogP contribution in [0.3, 0.4) is 0 Å². The van der Waals surface area contributed by atoms with Gasteiger partial charge in [-0.05, 0) is 53.3 Å². The maximum absolute atomic E-state index is 12.9. The minimum Gasteiger partial charge on any atom is -0.339 e. The van der Waals surface area contributed by atoms with E-state index in [4.69, 9.17) is 58.6 Å². The Morgan fingerprint density at radius 2 is 1.55 bits per heavy atom. The molecule has 0 bridgehead atoms. The number of fused-ring (bicyclic) bond motifs is 1. The van der Waals surface area contributed by atoms with E-state index in [0.29, 0.717) is 16.3 Å². The molecule has 3 aromatic carbocycles. The number of carbonyl (C=O) groups excluding carboxylic acids is 1. The van der Waals surface area contributed by atoms with Crippen molar-refractivity contribution in [3.63, 3.8) is 0 Å². The van der Waals surface area contributed by atoms with Gasteiger partial charge in [0.25, 0.3) is 5.91 Å². The lowest BCUT2D eigenvalue weighted by molar-refractivity contribution is 0.0936. The summed E-state index contributed by atoms with van der Waals surface area (Å²) in [7, 11) is 0. The van der Waals surface area contributed by atoms with E-state index in [1.165, 1.54) is 0 Å². The third kappa shape index (κ3) is 5.87. The minimum absolute atomic E-state index is 0.168. The maximum Gasteiger partial charge on any atom is 0.253 e. The molecule has 3 aromatic rings. The lowest BCUT2D eigenvalue weighted by Gasteiger charge is -2.28. The molecular formula is C20H15Cl4N3OS. The summed E-state index contributed by atoms with van der Waals surface area (Å²) in [6, 6.07) is 19.9. The van der Waals surface area contributed by atoms with Gasteiger partial charge in [-0.3, -0.25) is 4.79 Å². The Labute approximate surface area is 193 Å². The number of rotatable bonds is 4. The molecule has 0 fully saturated rings. The number of thiocarbonyl (C=S) groups is 1. The van der Waals surface area contributed by atoms with Crippen LogP contribution in [0.5, 0.6) is 0 Å². The molecule has 0 aliphatic heterocycles. The lowest BCUT2D eigenvalue weighted by Crippen LogP contribution is -2.56. The van der Waals surface area contributed by atoms with Gasteiger partial charge in [0.1, 0.15) is 6.17 Å². The third-order valence-corrected chi connectivity index (χ3v) is 5.14. The summed E-state index contributed by atoms with van der Waals surface area (Å²) in [6.45, 7) is 0. The highest BCUT2D eigenvalue weighted by atomic mass is 35.6. The quantitative estimate of drug-likeness (QED) is 0.244. The van der Waals surface area contributed by atoms with Gasteiger partial charge in [0.15, 0.2) is 5.11 Å². The lowest BCUT2D eigenvalue weighted by atomic mass is 10.0. The van der Waals surface area contributed by atoms with E-state index in [-0.39, 0.29) is 5.11 Å². The van der Waals surface area contributed by atoms with Crippen molar-refractivity contribution in [1.29, 1.82) is 0 Å². The molecule has 0 saturated heterocycles. The molecule has 3 N–H and O–H groups in total. The average Bonchev–Trinajstić information content (AvgIpc) is 2.68. The SMILES string of the molecule is O=C(N[C@H](NC(=S)Nc1ccc(Cl)cc1)C(Cl)(Cl)Cl)c1cccc2ccccc12. The first kappa shape index (κ1) is 21.9. The van der Waals surface area contributed by atoms with Gasteiger partial charge in [-0.2, -0.15) is 0 Å². The van der Waals surface area contributed by atoms with Crippen LogP contribution in [-0.2, 0) is 0 Å². The highest BCUT2D eigenvalue weighted by Crippen LogP contribution is 2.30. The maximum atomic E-state index is 12.9. The molecule has 29 heavy (non-hydrogen) atoms. The monoisotopic (exact) mass is 485 g/mol. The van der Waals surface area contributed by atoms with Crippen molar-refractivity contribution in [3.05, 3.63) is 77.3 Å². The van der Waals surface area contributed by atoms with E-state index < -0.39 is 15.9 Å². The Morgan fingerprint density at radius 1 is 0.897 bits per heavy atom. The Bertz CT molecular complexity index is 1030. The van der Waals surface area contributed by atoms with Gasteiger partial charge in [0.05, 0.1) is 0 Å². The molecule has 0 saturated carbocycles. The average molecular weight is 487 g/mol. The van der Waals surface area contributed by atoms with Crippen molar-refractivity contribution in [1.82, 2.24) is 10.6 Å². The van der Waals surface area contributed by atoms with Crippen molar-refractivity contribution in [3.8, 4) is 0 Å². The molecule has 1 atom stereocenters. The van der Waals surface area contributed by atoms with Crippen LogP contribution in [-0.4, -0.2) is 21.0 Å². The topological polar surface area (TPSA) is 53.2 Å². The van der Waals surface area contributed by atoms with Crippen LogP contribution in [0.4, 0.5) is 5.69 Å². The van der Waals surface area contributed by atoms with Crippen LogP contribution < -0.4 is 16.0 Å². The molecule has 150 valence electrons. The fraction of sp³-hybridized carbons (Fsp3) is 0.100. The molecule has 0 aliphatic carbocycles. The Balaban J connectivity index is 1.76. The van der Waals surface area contributed by atoms with Crippen LogP contribution in [0, 0.1) is 0 Å². The number of halogens is 4. The number of amides is 1. The van der Waals surface area contributed by atoms with E-state index in [0.717, 1.165) is 10.8 Å². The first-order chi connectivity index (χ1) is 13.7. The van der Waals surface area contributed by atoms with Crippen LogP contribution in [0.1, 0.15) is 10.4 Å². The van der Waals surface area contributed by atoms with Gasteiger partial charge in [-0.15, -0.1) is 0 Å². The Kier molecular flexibility index (Phi) is 7.09. The molecule has 0 unspecified atom stereocenters. The molecule has 0 aliphatic rings. The normalized spacial score (nSPS) is 12.3. The number of hydrogen-bond acceptors (Lipinski definition) is 2. The van der Waals surface area contributed by atoms with E-state index in [1.54, 1.807) is 36.4 Å². The van der Waals surface area contributed by atoms with Gasteiger partial charge in [0, 0.05) is 16.3 Å². The second-order valence-electron chi connectivity index (χ2n) is 6.08. The smallest absolute Gasteiger partial charge is 0.253 e. The highest BCUT2D eigenvalue weighted by Gasteiger charge is 2.35. The molecule has 3 rings (SSSR count). The number of hydrogen-bond donors (Lipinski definition) is 3. The zero-order valence-electron chi connectivity index (χ0n) is 14.8. The summed E-state index contributed by atoms with van der Waals surface area (Å²) in [5.41, 5.74) is 1.15. The fourth-order valence-corrected chi connectivity index (χ4v) is 3.35. The van der Waals surface area contributed by atoms with Crippen molar-refractivity contribution in [2.75, 3.05) is 5.32 Å². The van der Waals surface area contributed by atoms with E-state index in [2.05, 4.69) is 16.0 Å². The molecule has 0 spiro atoms. The van der Waals surface area contributed by atoms with Crippen molar-refractivity contribution in [2.24, 2.45) is 0 Å². The number of nitrogens with one attached hydrogen (secondary N) is 3. The summed E-state index contributed by atoms with van der Waals surface area (Å²) in [5, 5.41) is 11.0. The van der Waals surface area contributed by atoms with Crippen molar-refractivity contribution >= 4 is 86.1 Å². The van der Waals surface area contributed by atoms with Crippen molar-refractivity contribution < 1.29 is 4.79 Å². The predicted molar refractivity (Wildman–Crippen MR) is 126 cm³/mol. The molecular weight excluding hydrogens is 472 g/mol. The summed E-state index contributed by atoms with van der Waals surface area (Å²) in [4.78, 5) is 12.9. The number of alkyl halides is 3. The third-order valence-electron chi connectivity index (χ3n) is 4.01. The van der Waals surface area contributed by atoms with E-state index in [9.17, 15) is 4.79 Å². The molecule has 0 radical (unpaired) electrons. The van der Waals surface area contributed by atoms with Crippen LogP contribution >= 0.6 is 58.6 Å². The summed E-state index contributed by atoms with van der Waals surface area (Å²) in [5.74, 6) is -0.403. The highest BCUT2D eigenvalue weighted by molar-refractivity contribution is 7.80. The Hall–Kier alpha value is -1.76. The van der Waals surface area contributed by atoms with Gasteiger partial charge in [0.2, 0.25) is 3.79 Å². The summed E-state index contributed by atoms with van der Waals surface area (Å²) in [6.07, 6.45) is -1.08. The van der Waals surface area contributed by atoms with Crippen LogP contribution in [0.25, 0.3) is 10.8 Å². The van der Waals surface area contributed by atoms with E-state index >= 15 is 0 Å². The number of benzene rings is 3. The van der Waals surface area contributed by atoms with Gasteiger partial charge >= 0.3 is 0 Å².